The van der Waals surface area contributed by atoms with Crippen molar-refractivity contribution in [3.05, 3.63) is 53.6 Å². The number of fused-ring (bicyclic) bond motifs is 1. The summed E-state index contributed by atoms with van der Waals surface area (Å²) in [6.07, 6.45) is 0. The van der Waals surface area contributed by atoms with Gasteiger partial charge in [-0.2, -0.15) is 10.2 Å². The molecule has 0 atom stereocenters. The Labute approximate surface area is 167 Å². The summed E-state index contributed by atoms with van der Waals surface area (Å²) in [4.78, 5) is 7.97. The van der Waals surface area contributed by atoms with Gasteiger partial charge in [-0.1, -0.05) is 30.3 Å². The number of H-pyrrole nitrogens is 1. The zero-order valence-corrected chi connectivity index (χ0v) is 16.1. The summed E-state index contributed by atoms with van der Waals surface area (Å²) in [6, 6.07) is 13.6. The van der Waals surface area contributed by atoms with Crippen LogP contribution >= 0.6 is 0 Å². The van der Waals surface area contributed by atoms with Crippen molar-refractivity contribution < 1.29 is 0 Å². The third kappa shape index (κ3) is 4.75. The second-order valence-corrected chi connectivity index (χ2v) is 6.32. The molecule has 0 aliphatic carbocycles. The first-order chi connectivity index (χ1) is 13.8. The van der Waals surface area contributed by atoms with E-state index in [9.17, 15) is 0 Å². The standard InChI is InChI=1S/C19H22N10/c1-10(26-28-18(20)21)12-3-5-13(6-4-12)17-24-15-8-7-14(9-16(15)25-17)11(2)27-29-19(22)23/h3-9H,1-2H3,(H,24,25)(H4,20,21,28)(H4,22,23,29)/b26-10-,27-11+. The molecule has 0 spiro atoms. The molecular weight excluding hydrogens is 368 g/mol. The fourth-order valence-electron chi connectivity index (χ4n) is 2.62. The number of hydrogen-bond donors (Lipinski definition) is 5. The van der Waals surface area contributed by atoms with Gasteiger partial charge in [0.05, 0.1) is 22.5 Å². The largest absolute Gasteiger partial charge is 0.369 e. The minimum Gasteiger partial charge on any atom is -0.369 e. The molecule has 0 aliphatic rings. The zero-order chi connectivity index (χ0) is 21.0. The van der Waals surface area contributed by atoms with Crippen molar-refractivity contribution in [1.82, 2.24) is 9.97 Å². The van der Waals surface area contributed by atoms with Crippen LogP contribution < -0.4 is 22.9 Å². The van der Waals surface area contributed by atoms with E-state index in [2.05, 4.69) is 30.4 Å². The average Bonchev–Trinajstić information content (AvgIpc) is 3.13. The highest BCUT2D eigenvalue weighted by Crippen LogP contribution is 2.22. The van der Waals surface area contributed by atoms with E-state index >= 15 is 0 Å². The molecule has 0 unspecified atom stereocenters. The van der Waals surface area contributed by atoms with Gasteiger partial charge in [-0.15, -0.1) is 10.2 Å². The first kappa shape index (κ1) is 19.5. The third-order valence-electron chi connectivity index (χ3n) is 4.11. The number of nitrogens with two attached hydrogens (primary N) is 4. The van der Waals surface area contributed by atoms with E-state index < -0.39 is 0 Å². The number of aromatic nitrogens is 2. The van der Waals surface area contributed by atoms with Gasteiger partial charge in [-0.05, 0) is 37.1 Å². The second-order valence-electron chi connectivity index (χ2n) is 6.32. The van der Waals surface area contributed by atoms with Crippen LogP contribution in [0.3, 0.4) is 0 Å². The molecule has 3 rings (SSSR count). The Kier molecular flexibility index (Phi) is 5.54. The van der Waals surface area contributed by atoms with Gasteiger partial charge in [0.15, 0.2) is 0 Å². The summed E-state index contributed by atoms with van der Waals surface area (Å²) in [7, 11) is 0. The van der Waals surface area contributed by atoms with Crippen LogP contribution in [0.2, 0.25) is 0 Å². The Morgan fingerprint density at radius 2 is 1.31 bits per heavy atom. The van der Waals surface area contributed by atoms with Crippen LogP contribution in [0.15, 0.2) is 62.9 Å². The van der Waals surface area contributed by atoms with Gasteiger partial charge in [0.25, 0.3) is 0 Å². The van der Waals surface area contributed by atoms with Gasteiger partial charge in [0, 0.05) is 5.56 Å². The lowest BCUT2D eigenvalue weighted by Crippen LogP contribution is -2.22. The highest BCUT2D eigenvalue weighted by molar-refractivity contribution is 6.02. The molecule has 0 saturated heterocycles. The molecule has 3 aromatic rings. The normalized spacial score (nSPS) is 12.1. The van der Waals surface area contributed by atoms with Crippen molar-refractivity contribution in [2.45, 2.75) is 13.8 Å². The van der Waals surface area contributed by atoms with Gasteiger partial charge >= 0.3 is 0 Å². The lowest BCUT2D eigenvalue weighted by atomic mass is 10.1. The number of hydrogen-bond acceptors (Lipinski definition) is 5. The molecule has 0 fully saturated rings. The highest BCUT2D eigenvalue weighted by atomic mass is 15.3. The van der Waals surface area contributed by atoms with Crippen LogP contribution in [-0.2, 0) is 0 Å². The molecule has 9 N–H and O–H groups in total. The predicted molar refractivity (Wildman–Crippen MR) is 118 cm³/mol. The minimum absolute atomic E-state index is 0.0822. The number of imidazole rings is 1. The number of guanidine groups is 2. The van der Waals surface area contributed by atoms with E-state index in [1.54, 1.807) is 0 Å². The summed E-state index contributed by atoms with van der Waals surface area (Å²) in [5.41, 5.74) is 27.1. The molecule has 1 heterocycles. The molecule has 148 valence electrons. The molecule has 0 aliphatic heterocycles. The predicted octanol–water partition coefficient (Wildman–Crippen LogP) is 1.22. The number of nitrogens with one attached hydrogen (secondary N) is 1. The van der Waals surface area contributed by atoms with Crippen molar-refractivity contribution in [3.63, 3.8) is 0 Å². The maximum atomic E-state index is 5.32. The monoisotopic (exact) mass is 390 g/mol. The minimum atomic E-state index is -0.0868. The first-order valence-electron chi connectivity index (χ1n) is 8.71. The maximum Gasteiger partial charge on any atom is 0.211 e. The number of rotatable bonds is 5. The smallest absolute Gasteiger partial charge is 0.211 e. The Hall–Kier alpha value is -4.21. The molecular formula is C19H22N10. The Morgan fingerprint density at radius 3 is 1.90 bits per heavy atom. The van der Waals surface area contributed by atoms with Gasteiger partial charge in [0.2, 0.25) is 11.9 Å². The summed E-state index contributed by atoms with van der Waals surface area (Å²) in [5.74, 6) is 0.582. The fraction of sp³-hybridized carbons (Fsp3) is 0.105. The Bertz CT molecular complexity index is 1140. The van der Waals surface area contributed by atoms with E-state index in [1.807, 2.05) is 56.3 Å². The van der Waals surface area contributed by atoms with Crippen LogP contribution in [0, 0.1) is 0 Å². The van der Waals surface area contributed by atoms with Crippen LogP contribution in [-0.4, -0.2) is 33.3 Å². The Morgan fingerprint density at radius 1 is 0.759 bits per heavy atom. The molecule has 0 saturated carbocycles. The molecule has 0 radical (unpaired) electrons. The van der Waals surface area contributed by atoms with Crippen LogP contribution in [0.1, 0.15) is 25.0 Å². The van der Waals surface area contributed by atoms with E-state index in [-0.39, 0.29) is 11.9 Å². The van der Waals surface area contributed by atoms with Gasteiger partial charge in [-0.3, -0.25) is 0 Å². The molecule has 0 amide bonds. The summed E-state index contributed by atoms with van der Waals surface area (Å²) in [5, 5.41) is 15.3. The van der Waals surface area contributed by atoms with Crippen molar-refractivity contribution in [2.24, 2.45) is 43.3 Å². The van der Waals surface area contributed by atoms with Gasteiger partial charge in [-0.25, -0.2) is 4.98 Å². The lowest BCUT2D eigenvalue weighted by molar-refractivity contribution is 1.19. The van der Waals surface area contributed by atoms with E-state index in [4.69, 9.17) is 22.9 Å². The maximum absolute atomic E-state index is 5.32. The molecule has 29 heavy (non-hydrogen) atoms. The number of nitrogens with zero attached hydrogens (tertiary/aromatic N) is 5. The summed E-state index contributed by atoms with van der Waals surface area (Å²) < 4.78 is 0. The zero-order valence-electron chi connectivity index (χ0n) is 16.1. The van der Waals surface area contributed by atoms with Crippen LogP contribution in [0.4, 0.5) is 0 Å². The van der Waals surface area contributed by atoms with Crippen LogP contribution in [0.5, 0.6) is 0 Å². The molecule has 0 bridgehead atoms. The van der Waals surface area contributed by atoms with Gasteiger partial charge in [0.1, 0.15) is 5.82 Å². The SMILES string of the molecule is C/C(=N/N=C(N)N)c1ccc(-c2nc3ccc(/C(C)=N/N=C(N)N)cc3[nH]2)cc1. The topological polar surface area (TPSA) is 182 Å². The number of aromatic amines is 1. The van der Waals surface area contributed by atoms with E-state index in [0.717, 1.165) is 33.5 Å². The molecule has 10 heteroatoms. The molecule has 1 aromatic heterocycles. The average molecular weight is 390 g/mol. The van der Waals surface area contributed by atoms with E-state index in [0.29, 0.717) is 11.4 Å². The third-order valence-corrected chi connectivity index (χ3v) is 4.11. The fourth-order valence-corrected chi connectivity index (χ4v) is 2.62. The molecule has 2 aromatic carbocycles. The van der Waals surface area contributed by atoms with Crippen molar-refractivity contribution in [1.29, 1.82) is 0 Å². The quantitative estimate of drug-likeness (QED) is 0.249. The highest BCUT2D eigenvalue weighted by Gasteiger charge is 2.08. The van der Waals surface area contributed by atoms with Crippen LogP contribution in [0.25, 0.3) is 22.4 Å². The van der Waals surface area contributed by atoms with Crippen molar-refractivity contribution in [2.75, 3.05) is 0 Å². The van der Waals surface area contributed by atoms with E-state index in [1.165, 1.54) is 0 Å². The molecule has 10 nitrogen and oxygen atoms in total. The van der Waals surface area contributed by atoms with Crippen molar-refractivity contribution >= 4 is 34.4 Å². The number of benzene rings is 2. The van der Waals surface area contributed by atoms with Gasteiger partial charge < -0.3 is 27.9 Å². The lowest BCUT2D eigenvalue weighted by Gasteiger charge is -2.01. The second kappa shape index (κ2) is 8.21. The summed E-state index contributed by atoms with van der Waals surface area (Å²) >= 11 is 0. The van der Waals surface area contributed by atoms with Crippen molar-refractivity contribution in [3.8, 4) is 11.4 Å². The first-order valence-corrected chi connectivity index (χ1v) is 8.71. The Balaban J connectivity index is 1.89. The summed E-state index contributed by atoms with van der Waals surface area (Å²) in [6.45, 7) is 3.66.